The summed E-state index contributed by atoms with van der Waals surface area (Å²) in [5.41, 5.74) is 6.23. The summed E-state index contributed by atoms with van der Waals surface area (Å²) in [5.74, 6) is -0.0175. The first-order valence-corrected chi connectivity index (χ1v) is 14.9. The Hall–Kier alpha value is -3.38. The number of hydrogen-bond donors (Lipinski definition) is 2. The van der Waals surface area contributed by atoms with Gasteiger partial charge in [-0.05, 0) is 24.8 Å². The minimum absolute atomic E-state index is 0.0175. The monoisotopic (exact) mass is 573 g/mol. The molecule has 0 fully saturated rings. The number of rotatable bonds is 7. The number of aromatic amines is 1. The van der Waals surface area contributed by atoms with Crippen LogP contribution in [0, 0.1) is 0 Å². The molecule has 194 valence electrons. The molecular formula is C31H31N3O3Se. The second-order valence-corrected chi connectivity index (χ2v) is 12.0. The van der Waals surface area contributed by atoms with Gasteiger partial charge in [-0.25, -0.2) is 0 Å². The number of nitrogens with one attached hydrogen (secondary N) is 2. The van der Waals surface area contributed by atoms with E-state index in [0.29, 0.717) is 13.0 Å². The molecule has 0 spiro atoms. The number of hydrogen-bond acceptors (Lipinski definition) is 3. The van der Waals surface area contributed by atoms with Crippen molar-refractivity contribution in [2.24, 2.45) is 0 Å². The number of para-hydroxylation sites is 1. The number of ether oxygens (including phenoxy) is 1. The maximum atomic E-state index is 13.0. The molecule has 7 heteroatoms. The normalized spacial score (nSPS) is 14.6. The summed E-state index contributed by atoms with van der Waals surface area (Å²) in [5, 5.41) is 5.07. The van der Waals surface area contributed by atoms with Gasteiger partial charge in [0, 0.05) is 0 Å². The Bertz CT molecular complexity index is 1690. The molecule has 0 saturated carbocycles. The maximum absolute atomic E-state index is 13.0. The number of aromatic nitrogens is 2. The Labute approximate surface area is 227 Å². The number of benzene rings is 3. The quantitative estimate of drug-likeness (QED) is 0.270. The summed E-state index contributed by atoms with van der Waals surface area (Å²) >= 11 is -0.0541. The molecule has 1 amide bonds. The van der Waals surface area contributed by atoms with Crippen LogP contribution in [-0.4, -0.2) is 35.8 Å². The fourth-order valence-electron chi connectivity index (χ4n) is 5.69. The third kappa shape index (κ3) is 4.25. The fraction of sp³-hybridized carbons (Fsp3) is 0.290. The first-order chi connectivity index (χ1) is 18.5. The van der Waals surface area contributed by atoms with Crippen LogP contribution in [0.25, 0.3) is 26.2 Å². The van der Waals surface area contributed by atoms with Crippen LogP contribution in [0.3, 0.4) is 0 Å². The van der Waals surface area contributed by atoms with E-state index in [2.05, 4.69) is 30.2 Å². The van der Waals surface area contributed by atoms with Crippen LogP contribution >= 0.6 is 0 Å². The summed E-state index contributed by atoms with van der Waals surface area (Å²) < 4.78 is 9.23. The minimum Gasteiger partial charge on any atom is -0.0525 e. The predicted molar refractivity (Wildman–Crippen MR) is 152 cm³/mol. The molecule has 2 N–H and O–H groups in total. The van der Waals surface area contributed by atoms with Crippen molar-refractivity contribution in [2.75, 3.05) is 6.61 Å². The zero-order valence-electron chi connectivity index (χ0n) is 21.7. The Balaban J connectivity index is 1.17. The van der Waals surface area contributed by atoms with Crippen molar-refractivity contribution < 1.29 is 9.53 Å². The number of fused-ring (bicyclic) bond motifs is 4. The van der Waals surface area contributed by atoms with Gasteiger partial charge in [0.15, 0.2) is 0 Å². The van der Waals surface area contributed by atoms with E-state index in [-0.39, 0.29) is 31.8 Å². The standard InChI is InChI=1S/C31H31N3O3Se/c1-3-31(4-2)29-24(16-17-37-31)23-10-7-8-21(28(23)33-29)18-27(35)32-19-20-12-14-22(15-13-20)34-30(36)25-9-5-6-11-26(25)38-34/h5-15,33H,3-4,16-19H2,1-2H3,(H,32,35). The number of H-pyrrole nitrogens is 1. The van der Waals surface area contributed by atoms with Crippen LogP contribution in [0.5, 0.6) is 0 Å². The van der Waals surface area contributed by atoms with Crippen molar-refractivity contribution in [1.82, 2.24) is 13.9 Å². The van der Waals surface area contributed by atoms with Gasteiger partial charge in [0.25, 0.3) is 0 Å². The second-order valence-electron chi connectivity index (χ2n) is 9.93. The van der Waals surface area contributed by atoms with Crippen molar-refractivity contribution in [1.29, 1.82) is 0 Å². The number of carbonyl (C=O) groups excluding carboxylic acids is 1. The Morgan fingerprint density at radius 1 is 1.03 bits per heavy atom. The molecule has 0 unspecified atom stereocenters. The molecule has 0 aliphatic carbocycles. The van der Waals surface area contributed by atoms with E-state index in [1.165, 1.54) is 16.6 Å². The van der Waals surface area contributed by atoms with Crippen LogP contribution < -0.4 is 10.9 Å². The van der Waals surface area contributed by atoms with E-state index in [9.17, 15) is 9.59 Å². The van der Waals surface area contributed by atoms with Gasteiger partial charge in [-0.15, -0.1) is 0 Å². The van der Waals surface area contributed by atoms with E-state index < -0.39 is 0 Å². The second kappa shape index (κ2) is 10.1. The Morgan fingerprint density at radius 2 is 1.79 bits per heavy atom. The molecular weight excluding hydrogens is 541 g/mol. The summed E-state index contributed by atoms with van der Waals surface area (Å²) in [6.45, 7) is 5.52. The van der Waals surface area contributed by atoms with E-state index in [0.717, 1.165) is 57.8 Å². The van der Waals surface area contributed by atoms with Gasteiger partial charge >= 0.3 is 161 Å². The van der Waals surface area contributed by atoms with E-state index in [4.69, 9.17) is 4.74 Å². The van der Waals surface area contributed by atoms with Crippen molar-refractivity contribution in [3.63, 3.8) is 0 Å². The SMILES string of the molecule is CCC1(CC)OCCc2c1[nH]c1c(CC(=O)NCc3ccc(-n4[se]c5ccccc5c4=O)cc3)cccc21. The molecule has 5 aromatic rings. The van der Waals surface area contributed by atoms with Crippen molar-refractivity contribution in [3.8, 4) is 5.69 Å². The molecule has 1 aliphatic heterocycles. The van der Waals surface area contributed by atoms with Gasteiger partial charge in [-0.1, -0.05) is 19.9 Å². The van der Waals surface area contributed by atoms with Crippen LogP contribution in [-0.2, 0) is 34.5 Å². The van der Waals surface area contributed by atoms with Crippen molar-refractivity contribution >= 4 is 41.2 Å². The predicted octanol–water partition coefficient (Wildman–Crippen LogP) is 4.98. The summed E-state index contributed by atoms with van der Waals surface area (Å²) in [7, 11) is 0. The molecule has 6 rings (SSSR count). The van der Waals surface area contributed by atoms with Crippen LogP contribution in [0.2, 0.25) is 0 Å². The topological polar surface area (TPSA) is 76.1 Å². The smallest absolute Gasteiger partial charge is 0.0525 e. The summed E-state index contributed by atoms with van der Waals surface area (Å²) in [4.78, 5) is 29.4. The van der Waals surface area contributed by atoms with E-state index in [1.807, 2.05) is 64.2 Å². The molecule has 2 aromatic heterocycles. The molecule has 38 heavy (non-hydrogen) atoms. The zero-order valence-corrected chi connectivity index (χ0v) is 23.4. The van der Waals surface area contributed by atoms with Gasteiger partial charge < -0.3 is 4.74 Å². The first kappa shape index (κ1) is 24.9. The van der Waals surface area contributed by atoms with E-state index in [1.54, 1.807) is 0 Å². The zero-order chi connectivity index (χ0) is 26.3. The van der Waals surface area contributed by atoms with Gasteiger partial charge in [0.2, 0.25) is 0 Å². The average molecular weight is 573 g/mol. The molecule has 6 nitrogen and oxygen atoms in total. The molecule has 0 bridgehead atoms. The van der Waals surface area contributed by atoms with Crippen LogP contribution in [0.1, 0.15) is 49.1 Å². The molecule has 0 saturated heterocycles. The Morgan fingerprint density at radius 3 is 2.55 bits per heavy atom. The van der Waals surface area contributed by atoms with Gasteiger partial charge in [-0.3, -0.25) is 0 Å². The minimum atomic E-state index is -0.276. The molecule has 0 atom stereocenters. The van der Waals surface area contributed by atoms with Gasteiger partial charge in [0.05, 0.1) is 12.3 Å². The fourth-order valence-corrected chi connectivity index (χ4v) is 7.78. The average Bonchev–Trinajstić information content (AvgIpc) is 3.51. The van der Waals surface area contributed by atoms with Crippen LogP contribution in [0.4, 0.5) is 0 Å². The van der Waals surface area contributed by atoms with Crippen molar-refractivity contribution in [2.45, 2.75) is 51.7 Å². The van der Waals surface area contributed by atoms with Crippen LogP contribution in [0.15, 0.2) is 71.5 Å². The molecule has 0 radical (unpaired) electrons. The number of nitrogens with zero attached hydrogens (tertiary/aromatic N) is 1. The molecule has 1 aliphatic rings. The Kier molecular flexibility index (Phi) is 6.60. The summed E-state index contributed by atoms with van der Waals surface area (Å²) in [6.07, 6.45) is 3.03. The van der Waals surface area contributed by atoms with Crippen molar-refractivity contribution in [3.05, 3.63) is 99.5 Å². The third-order valence-corrected chi connectivity index (χ3v) is 10.2. The van der Waals surface area contributed by atoms with Gasteiger partial charge in [0.1, 0.15) is 5.60 Å². The van der Waals surface area contributed by atoms with E-state index >= 15 is 0 Å². The first-order valence-electron chi connectivity index (χ1n) is 13.3. The molecule has 3 aromatic carbocycles. The molecule has 3 heterocycles. The number of carbonyl (C=O) groups is 1. The summed E-state index contributed by atoms with van der Waals surface area (Å²) in [6, 6.07) is 21.9. The van der Waals surface area contributed by atoms with Gasteiger partial charge in [-0.2, -0.15) is 0 Å². The third-order valence-electron chi connectivity index (χ3n) is 7.86. The number of amides is 1.